The van der Waals surface area contributed by atoms with Gasteiger partial charge in [0.05, 0.1) is 36.1 Å². The SMILES string of the molecule is CC(/C=C/C(C)C1[C@@H](O)[C@H](O)C2[C@]1(C)CCC1[C@@]3(C)CC[C@H](O)[C@H](O)C3[C@H](O)C[C@]12O)CO. The fraction of sp³-hybridized carbons (Fsp3) is 0.923. The summed E-state index contributed by atoms with van der Waals surface area (Å²) >= 11 is 0. The predicted molar refractivity (Wildman–Crippen MR) is 123 cm³/mol. The van der Waals surface area contributed by atoms with Crippen LogP contribution >= 0.6 is 0 Å². The first kappa shape index (κ1) is 25.5. The number of hydrogen-bond acceptors (Lipinski definition) is 7. The van der Waals surface area contributed by atoms with Gasteiger partial charge in [0, 0.05) is 24.9 Å². The second-order valence-electron chi connectivity index (χ2n) is 12.4. The van der Waals surface area contributed by atoms with Crippen molar-refractivity contribution in [2.45, 2.75) is 95.9 Å². The Kier molecular flexibility index (Phi) is 6.61. The molecule has 4 aliphatic carbocycles. The first-order chi connectivity index (χ1) is 15.3. The van der Waals surface area contributed by atoms with Crippen LogP contribution in [0.3, 0.4) is 0 Å². The molecule has 33 heavy (non-hydrogen) atoms. The zero-order valence-corrected chi connectivity index (χ0v) is 20.4. The Morgan fingerprint density at radius 3 is 2.12 bits per heavy atom. The van der Waals surface area contributed by atoms with Crippen LogP contribution in [-0.2, 0) is 0 Å². The lowest BCUT2D eigenvalue weighted by molar-refractivity contribution is -0.280. The molecule has 4 fully saturated rings. The maximum Gasteiger partial charge on any atom is 0.0863 e. The first-order valence-corrected chi connectivity index (χ1v) is 12.7. The normalized spacial score (nSPS) is 56.2. The quantitative estimate of drug-likeness (QED) is 0.303. The summed E-state index contributed by atoms with van der Waals surface area (Å²) in [7, 11) is 0. The van der Waals surface area contributed by atoms with Crippen molar-refractivity contribution in [1.29, 1.82) is 0 Å². The van der Waals surface area contributed by atoms with Gasteiger partial charge in [0.1, 0.15) is 0 Å². The van der Waals surface area contributed by atoms with Crippen LogP contribution in [0.1, 0.15) is 59.8 Å². The lowest BCUT2D eigenvalue weighted by atomic mass is 9.41. The molecule has 0 radical (unpaired) electrons. The van der Waals surface area contributed by atoms with Gasteiger partial charge in [-0.2, -0.15) is 0 Å². The number of rotatable bonds is 4. The van der Waals surface area contributed by atoms with E-state index >= 15 is 0 Å². The van der Waals surface area contributed by atoms with Gasteiger partial charge in [-0.1, -0.05) is 39.8 Å². The highest BCUT2D eigenvalue weighted by Crippen LogP contribution is 2.69. The lowest BCUT2D eigenvalue weighted by Gasteiger charge is -2.66. The van der Waals surface area contributed by atoms with Gasteiger partial charge in [-0.3, -0.25) is 0 Å². The van der Waals surface area contributed by atoms with Crippen LogP contribution in [-0.4, -0.2) is 78.5 Å². The molecule has 0 spiro atoms. The zero-order valence-electron chi connectivity index (χ0n) is 20.4. The average Bonchev–Trinajstić information content (AvgIpc) is 2.94. The summed E-state index contributed by atoms with van der Waals surface area (Å²) < 4.78 is 0. The minimum Gasteiger partial charge on any atom is -0.396 e. The molecule has 7 nitrogen and oxygen atoms in total. The molecule has 0 amide bonds. The van der Waals surface area contributed by atoms with Gasteiger partial charge in [-0.15, -0.1) is 0 Å². The van der Waals surface area contributed by atoms with Gasteiger partial charge in [-0.05, 0) is 60.2 Å². The van der Waals surface area contributed by atoms with Crippen molar-refractivity contribution in [3.05, 3.63) is 12.2 Å². The molecule has 7 N–H and O–H groups in total. The van der Waals surface area contributed by atoms with E-state index in [1.54, 1.807) is 0 Å². The third-order valence-electron chi connectivity index (χ3n) is 10.5. The van der Waals surface area contributed by atoms with Gasteiger partial charge in [-0.25, -0.2) is 0 Å². The fourth-order valence-corrected chi connectivity index (χ4v) is 9.10. The van der Waals surface area contributed by atoms with Gasteiger partial charge >= 0.3 is 0 Å². The fourth-order valence-electron chi connectivity index (χ4n) is 9.10. The molecular formula is C26H44O7. The number of aliphatic hydroxyl groups excluding tert-OH is 6. The molecular weight excluding hydrogens is 424 g/mol. The van der Waals surface area contributed by atoms with Crippen molar-refractivity contribution in [1.82, 2.24) is 0 Å². The average molecular weight is 469 g/mol. The van der Waals surface area contributed by atoms with Crippen molar-refractivity contribution in [2.75, 3.05) is 6.61 Å². The zero-order chi connectivity index (χ0) is 24.5. The summed E-state index contributed by atoms with van der Waals surface area (Å²) in [4.78, 5) is 0. The van der Waals surface area contributed by atoms with E-state index in [2.05, 4.69) is 6.92 Å². The van der Waals surface area contributed by atoms with Crippen LogP contribution in [0.4, 0.5) is 0 Å². The number of hydrogen-bond donors (Lipinski definition) is 7. The molecule has 7 heteroatoms. The summed E-state index contributed by atoms with van der Waals surface area (Å²) in [5, 5.41) is 76.3. The summed E-state index contributed by atoms with van der Waals surface area (Å²) in [6, 6.07) is 0. The second-order valence-corrected chi connectivity index (χ2v) is 12.4. The number of aliphatic hydroxyl groups is 7. The molecule has 190 valence electrons. The van der Waals surface area contributed by atoms with Crippen molar-refractivity contribution in [3.63, 3.8) is 0 Å². The predicted octanol–water partition coefficient (Wildman–Crippen LogP) is 0.825. The Hall–Kier alpha value is -0.540. The molecule has 0 saturated heterocycles. The molecule has 0 aromatic heterocycles. The van der Waals surface area contributed by atoms with Crippen molar-refractivity contribution >= 4 is 0 Å². The Labute approximate surface area is 197 Å². The van der Waals surface area contributed by atoms with Crippen LogP contribution < -0.4 is 0 Å². The Morgan fingerprint density at radius 2 is 1.48 bits per heavy atom. The third-order valence-corrected chi connectivity index (χ3v) is 10.5. The maximum atomic E-state index is 12.3. The number of fused-ring (bicyclic) bond motifs is 5. The molecule has 4 aliphatic rings. The second kappa shape index (κ2) is 8.54. The minimum atomic E-state index is -1.38. The van der Waals surface area contributed by atoms with Crippen LogP contribution in [0.2, 0.25) is 0 Å². The molecule has 0 heterocycles. The van der Waals surface area contributed by atoms with Gasteiger partial charge in [0.25, 0.3) is 0 Å². The summed E-state index contributed by atoms with van der Waals surface area (Å²) in [5.41, 5.74) is -2.49. The summed E-state index contributed by atoms with van der Waals surface area (Å²) in [6.45, 7) is 8.02. The van der Waals surface area contributed by atoms with E-state index in [0.717, 1.165) is 0 Å². The summed E-state index contributed by atoms with van der Waals surface area (Å²) in [6.07, 6.45) is 1.29. The van der Waals surface area contributed by atoms with Crippen LogP contribution in [0, 0.1) is 46.3 Å². The van der Waals surface area contributed by atoms with Crippen LogP contribution in [0.15, 0.2) is 12.2 Å². The van der Waals surface area contributed by atoms with Gasteiger partial charge in [0.15, 0.2) is 0 Å². The topological polar surface area (TPSA) is 142 Å². The standard InChI is InChI=1S/C26H44O7/c1-13(12-27)5-6-14(2)18-21(31)22(32)23-25(18,4)10-8-17-24(3)9-7-15(28)20(30)19(24)16(29)11-26(17,23)33/h5-6,13-23,27-33H,7-12H2,1-4H3/b6-5+/t13?,14?,15-,16+,17?,18?,19?,20-,21+,22-,23?,24+,25+,26-/m0/s1. The molecule has 0 aromatic carbocycles. The smallest absolute Gasteiger partial charge is 0.0863 e. The highest BCUT2D eigenvalue weighted by molar-refractivity contribution is 5.23. The van der Waals surface area contributed by atoms with Crippen LogP contribution in [0.25, 0.3) is 0 Å². The van der Waals surface area contributed by atoms with E-state index in [4.69, 9.17) is 0 Å². The van der Waals surface area contributed by atoms with Crippen LogP contribution in [0.5, 0.6) is 0 Å². The molecule has 6 unspecified atom stereocenters. The molecule has 14 atom stereocenters. The maximum absolute atomic E-state index is 12.3. The highest BCUT2D eigenvalue weighted by Gasteiger charge is 2.73. The highest BCUT2D eigenvalue weighted by atomic mass is 16.3. The van der Waals surface area contributed by atoms with Gasteiger partial charge in [0.2, 0.25) is 0 Å². The Morgan fingerprint density at radius 1 is 0.848 bits per heavy atom. The van der Waals surface area contributed by atoms with E-state index in [0.29, 0.717) is 25.7 Å². The van der Waals surface area contributed by atoms with Gasteiger partial charge < -0.3 is 35.7 Å². The number of allylic oxidation sites excluding steroid dienone is 1. The van der Waals surface area contributed by atoms with E-state index in [1.165, 1.54) is 0 Å². The summed E-state index contributed by atoms with van der Waals surface area (Å²) in [5.74, 6) is -1.73. The molecule has 0 aliphatic heterocycles. The van der Waals surface area contributed by atoms with Crippen molar-refractivity contribution in [2.24, 2.45) is 46.3 Å². The Balaban J connectivity index is 1.71. The van der Waals surface area contributed by atoms with E-state index in [1.807, 2.05) is 32.9 Å². The molecule has 4 saturated carbocycles. The molecule has 0 aromatic rings. The van der Waals surface area contributed by atoms with Crippen molar-refractivity contribution in [3.8, 4) is 0 Å². The monoisotopic (exact) mass is 468 g/mol. The first-order valence-electron chi connectivity index (χ1n) is 12.7. The van der Waals surface area contributed by atoms with E-state index in [9.17, 15) is 35.7 Å². The van der Waals surface area contributed by atoms with E-state index in [-0.39, 0.29) is 36.7 Å². The lowest BCUT2D eigenvalue weighted by Crippen LogP contribution is -2.71. The largest absolute Gasteiger partial charge is 0.396 e. The molecule has 4 rings (SSSR count). The molecule has 0 bridgehead atoms. The van der Waals surface area contributed by atoms with E-state index < -0.39 is 58.8 Å². The minimum absolute atomic E-state index is 0.00195. The Bertz CT molecular complexity index is 759. The van der Waals surface area contributed by atoms with Crippen molar-refractivity contribution < 1.29 is 35.7 Å². The third kappa shape index (κ3) is 3.57.